The molecule has 1 fully saturated rings. The van der Waals surface area contributed by atoms with Crippen molar-refractivity contribution in [1.82, 2.24) is 5.32 Å². The molecule has 1 N–H and O–H groups in total. The van der Waals surface area contributed by atoms with Gasteiger partial charge in [-0.25, -0.2) is 4.39 Å². The van der Waals surface area contributed by atoms with Crippen molar-refractivity contribution in [3.05, 3.63) is 34.6 Å². The molecule has 0 aliphatic heterocycles. The fraction of sp³-hybridized carbons (Fsp3) is 0.500. The van der Waals surface area contributed by atoms with Crippen molar-refractivity contribution < 1.29 is 4.39 Å². The molecule has 1 aliphatic rings. The third kappa shape index (κ3) is 2.93. The Morgan fingerprint density at radius 1 is 1.53 bits per heavy atom. The highest BCUT2D eigenvalue weighted by Crippen LogP contribution is 2.36. The Morgan fingerprint density at radius 2 is 2.27 bits per heavy atom. The van der Waals surface area contributed by atoms with Crippen LogP contribution in [-0.2, 0) is 6.54 Å². The van der Waals surface area contributed by atoms with Crippen molar-refractivity contribution in [3.63, 3.8) is 0 Å². The van der Waals surface area contributed by atoms with Crippen LogP contribution in [0.4, 0.5) is 4.39 Å². The van der Waals surface area contributed by atoms with Gasteiger partial charge in [0.15, 0.2) is 0 Å². The second-order valence-electron chi connectivity index (χ2n) is 4.34. The lowest BCUT2D eigenvalue weighted by Gasteiger charge is -2.06. The molecule has 15 heavy (non-hydrogen) atoms. The molecule has 2 rings (SSSR count). The minimum absolute atomic E-state index is 0.278. The maximum Gasteiger partial charge on any atom is 0.124 e. The van der Waals surface area contributed by atoms with E-state index in [1.165, 1.54) is 18.6 Å². The summed E-state index contributed by atoms with van der Waals surface area (Å²) in [6, 6.07) is 4.54. The highest BCUT2D eigenvalue weighted by Gasteiger charge is 2.31. The smallest absolute Gasteiger partial charge is 0.124 e. The monoisotopic (exact) mass is 227 g/mol. The number of hydrogen-bond acceptors (Lipinski definition) is 1. The van der Waals surface area contributed by atoms with Gasteiger partial charge in [-0.1, -0.05) is 24.6 Å². The fourth-order valence-corrected chi connectivity index (χ4v) is 1.97. The number of hydrogen-bond donors (Lipinski definition) is 1. The molecule has 0 spiro atoms. The number of halogens is 2. The third-order valence-electron chi connectivity index (χ3n) is 3.01. The topological polar surface area (TPSA) is 12.0 Å². The van der Waals surface area contributed by atoms with Crippen LogP contribution in [0, 0.1) is 17.7 Å². The lowest BCUT2D eigenvalue weighted by Crippen LogP contribution is -2.17. The maximum absolute atomic E-state index is 12.8. The summed E-state index contributed by atoms with van der Waals surface area (Å²) in [4.78, 5) is 0. The van der Waals surface area contributed by atoms with Crippen molar-refractivity contribution in [3.8, 4) is 0 Å². The van der Waals surface area contributed by atoms with E-state index in [1.807, 2.05) is 0 Å². The molecule has 0 saturated heterocycles. The zero-order valence-corrected chi connectivity index (χ0v) is 9.52. The fourth-order valence-electron chi connectivity index (χ4n) is 1.74. The molecule has 1 aromatic rings. The molecule has 2 unspecified atom stereocenters. The first kappa shape index (κ1) is 10.9. The van der Waals surface area contributed by atoms with Gasteiger partial charge in [0.2, 0.25) is 0 Å². The van der Waals surface area contributed by atoms with Crippen LogP contribution in [-0.4, -0.2) is 6.54 Å². The predicted octanol–water partition coefficient (Wildman–Crippen LogP) is 3.22. The minimum atomic E-state index is -0.278. The molecule has 0 radical (unpaired) electrons. The van der Waals surface area contributed by atoms with Gasteiger partial charge in [-0.15, -0.1) is 0 Å². The van der Waals surface area contributed by atoms with E-state index in [0.29, 0.717) is 5.02 Å². The molecule has 82 valence electrons. The van der Waals surface area contributed by atoms with Gasteiger partial charge in [-0.05, 0) is 42.5 Å². The molecular formula is C12H15ClFN. The first-order valence-corrected chi connectivity index (χ1v) is 5.69. The number of rotatable bonds is 4. The molecule has 0 aromatic heterocycles. The molecule has 1 nitrogen and oxygen atoms in total. The molecule has 0 bridgehead atoms. The summed E-state index contributed by atoms with van der Waals surface area (Å²) >= 11 is 5.91. The van der Waals surface area contributed by atoms with Gasteiger partial charge >= 0.3 is 0 Å². The molecule has 2 atom stereocenters. The Kier molecular flexibility index (Phi) is 3.27. The number of benzene rings is 1. The Morgan fingerprint density at radius 3 is 2.87 bits per heavy atom. The van der Waals surface area contributed by atoms with Crippen LogP contribution in [0.25, 0.3) is 0 Å². The van der Waals surface area contributed by atoms with E-state index in [1.54, 1.807) is 6.07 Å². The normalized spacial score (nSPS) is 24.2. The first-order chi connectivity index (χ1) is 7.16. The lowest BCUT2D eigenvalue weighted by molar-refractivity contribution is 0.607. The molecule has 3 heteroatoms. The van der Waals surface area contributed by atoms with E-state index < -0.39 is 0 Å². The summed E-state index contributed by atoms with van der Waals surface area (Å²) in [5.41, 5.74) is 0.964. The largest absolute Gasteiger partial charge is 0.312 e. The summed E-state index contributed by atoms with van der Waals surface area (Å²) in [7, 11) is 0. The van der Waals surface area contributed by atoms with Crippen LogP contribution < -0.4 is 5.32 Å². The highest BCUT2D eigenvalue weighted by molar-refractivity contribution is 6.31. The summed E-state index contributed by atoms with van der Waals surface area (Å²) in [5, 5.41) is 3.85. The van der Waals surface area contributed by atoms with Crippen molar-refractivity contribution in [2.24, 2.45) is 11.8 Å². The van der Waals surface area contributed by atoms with Crippen molar-refractivity contribution in [1.29, 1.82) is 0 Å². The van der Waals surface area contributed by atoms with Gasteiger partial charge in [0, 0.05) is 11.6 Å². The second-order valence-corrected chi connectivity index (χ2v) is 4.75. The third-order valence-corrected chi connectivity index (χ3v) is 3.37. The van der Waals surface area contributed by atoms with Crippen molar-refractivity contribution >= 4 is 11.6 Å². The first-order valence-electron chi connectivity index (χ1n) is 5.31. The number of nitrogens with one attached hydrogen (secondary N) is 1. The van der Waals surface area contributed by atoms with Crippen LogP contribution in [0.3, 0.4) is 0 Å². The van der Waals surface area contributed by atoms with E-state index in [2.05, 4.69) is 12.2 Å². The van der Waals surface area contributed by atoms with Gasteiger partial charge < -0.3 is 5.32 Å². The summed E-state index contributed by atoms with van der Waals surface area (Å²) in [5.74, 6) is 1.41. The average Bonchev–Trinajstić information content (AvgIpc) is 2.86. The molecule has 0 amide bonds. The standard InChI is InChI=1S/C12H15ClFN/c1-8-4-10(8)7-15-6-9-2-3-11(14)5-12(9)13/h2-3,5,8,10,15H,4,6-7H2,1H3. The molecule has 1 aromatic carbocycles. The van der Waals surface area contributed by atoms with E-state index in [-0.39, 0.29) is 5.82 Å². The Hall–Kier alpha value is -0.600. The summed E-state index contributed by atoms with van der Waals surface area (Å²) < 4.78 is 12.8. The van der Waals surface area contributed by atoms with Crippen molar-refractivity contribution in [2.75, 3.05) is 6.54 Å². The molecular weight excluding hydrogens is 213 g/mol. The molecule has 1 aliphatic carbocycles. The lowest BCUT2D eigenvalue weighted by atomic mass is 10.2. The van der Waals surface area contributed by atoms with Gasteiger partial charge in [-0.3, -0.25) is 0 Å². The second kappa shape index (κ2) is 4.50. The van der Waals surface area contributed by atoms with E-state index in [9.17, 15) is 4.39 Å². The van der Waals surface area contributed by atoms with Gasteiger partial charge in [0.25, 0.3) is 0 Å². The summed E-state index contributed by atoms with van der Waals surface area (Å²) in [6.07, 6.45) is 1.32. The average molecular weight is 228 g/mol. The zero-order chi connectivity index (χ0) is 10.8. The zero-order valence-electron chi connectivity index (χ0n) is 8.76. The van der Waals surface area contributed by atoms with E-state index >= 15 is 0 Å². The van der Waals surface area contributed by atoms with Crippen LogP contribution in [0.1, 0.15) is 18.9 Å². The van der Waals surface area contributed by atoms with Gasteiger partial charge in [0.1, 0.15) is 5.82 Å². The van der Waals surface area contributed by atoms with E-state index in [4.69, 9.17) is 11.6 Å². The molecule has 1 saturated carbocycles. The quantitative estimate of drug-likeness (QED) is 0.833. The highest BCUT2D eigenvalue weighted by atomic mass is 35.5. The van der Waals surface area contributed by atoms with Crippen molar-refractivity contribution in [2.45, 2.75) is 19.9 Å². The van der Waals surface area contributed by atoms with E-state index in [0.717, 1.165) is 30.5 Å². The van der Waals surface area contributed by atoms with Crippen LogP contribution in [0.15, 0.2) is 18.2 Å². The van der Waals surface area contributed by atoms with Gasteiger partial charge in [-0.2, -0.15) is 0 Å². The van der Waals surface area contributed by atoms with Crippen LogP contribution >= 0.6 is 11.6 Å². The van der Waals surface area contributed by atoms with Crippen LogP contribution in [0.2, 0.25) is 5.02 Å². The van der Waals surface area contributed by atoms with Crippen LogP contribution in [0.5, 0.6) is 0 Å². The maximum atomic E-state index is 12.8. The van der Waals surface area contributed by atoms with Gasteiger partial charge in [0.05, 0.1) is 0 Å². The predicted molar refractivity (Wildman–Crippen MR) is 60.4 cm³/mol. The summed E-state index contributed by atoms with van der Waals surface area (Å²) in [6.45, 7) is 4.02. The Bertz CT molecular complexity index is 353. The Balaban J connectivity index is 1.82. The minimum Gasteiger partial charge on any atom is -0.312 e. The molecule has 0 heterocycles. The SMILES string of the molecule is CC1CC1CNCc1ccc(F)cc1Cl. The Labute approximate surface area is 94.6 Å².